The highest BCUT2D eigenvalue weighted by Gasteiger charge is 2.13. The Labute approximate surface area is 107 Å². The molecule has 0 fully saturated rings. The predicted octanol–water partition coefficient (Wildman–Crippen LogP) is 2.66. The van der Waals surface area contributed by atoms with Gasteiger partial charge in [0.2, 0.25) is 0 Å². The average molecular weight is 245 g/mol. The van der Waals surface area contributed by atoms with E-state index in [0.717, 1.165) is 24.4 Å². The van der Waals surface area contributed by atoms with E-state index in [-0.39, 0.29) is 6.04 Å². The quantitative estimate of drug-likeness (QED) is 0.822. The number of nitrogens with zero attached hydrogens (tertiary/aromatic N) is 1. The molecule has 0 aliphatic rings. The third-order valence-electron chi connectivity index (χ3n) is 3.02. The fourth-order valence-corrected chi connectivity index (χ4v) is 2.04. The van der Waals surface area contributed by atoms with E-state index in [4.69, 9.17) is 4.74 Å². The fraction of sp³-hybridized carbons (Fsp3) is 0.357. The standard InChI is InChI=1S/C14H19N3O/c1-3-13(15-10-11-8-9-16-17-11)12-6-4-5-7-14(12)18-2/h4-9,13,15H,3,10H2,1-2H3,(H,16,17). The Morgan fingerprint density at radius 1 is 1.33 bits per heavy atom. The average Bonchev–Trinajstić information content (AvgIpc) is 2.93. The highest BCUT2D eigenvalue weighted by molar-refractivity contribution is 5.35. The lowest BCUT2D eigenvalue weighted by molar-refractivity contribution is 0.396. The Bertz CT molecular complexity index is 468. The van der Waals surface area contributed by atoms with Crippen LogP contribution >= 0.6 is 0 Å². The minimum Gasteiger partial charge on any atom is -0.496 e. The molecule has 18 heavy (non-hydrogen) atoms. The SMILES string of the molecule is CCC(NCc1ccn[nH]1)c1ccccc1OC. The van der Waals surface area contributed by atoms with Crippen molar-refractivity contribution in [3.8, 4) is 5.75 Å². The summed E-state index contributed by atoms with van der Waals surface area (Å²) in [5.41, 5.74) is 2.28. The number of benzene rings is 1. The van der Waals surface area contributed by atoms with Gasteiger partial charge in [0.25, 0.3) is 0 Å². The Balaban J connectivity index is 2.08. The number of para-hydroxylation sites is 1. The van der Waals surface area contributed by atoms with E-state index in [1.54, 1.807) is 13.3 Å². The number of aromatic nitrogens is 2. The van der Waals surface area contributed by atoms with Crippen molar-refractivity contribution in [1.82, 2.24) is 15.5 Å². The van der Waals surface area contributed by atoms with Crippen molar-refractivity contribution in [2.45, 2.75) is 25.9 Å². The van der Waals surface area contributed by atoms with Gasteiger partial charge in [-0.2, -0.15) is 5.10 Å². The van der Waals surface area contributed by atoms with Gasteiger partial charge in [0.05, 0.1) is 7.11 Å². The molecule has 2 N–H and O–H groups in total. The molecule has 1 aromatic carbocycles. The third-order valence-corrected chi connectivity index (χ3v) is 3.02. The van der Waals surface area contributed by atoms with Crippen LogP contribution in [0.5, 0.6) is 5.75 Å². The zero-order valence-corrected chi connectivity index (χ0v) is 10.8. The Kier molecular flexibility index (Phi) is 4.36. The molecule has 1 heterocycles. The summed E-state index contributed by atoms with van der Waals surface area (Å²) in [7, 11) is 1.71. The van der Waals surface area contributed by atoms with E-state index in [1.165, 1.54) is 5.56 Å². The van der Waals surface area contributed by atoms with Crippen LogP contribution in [0.3, 0.4) is 0 Å². The molecule has 0 bridgehead atoms. The summed E-state index contributed by atoms with van der Waals surface area (Å²) in [6.07, 6.45) is 2.77. The first kappa shape index (κ1) is 12.6. The van der Waals surface area contributed by atoms with Gasteiger partial charge in [0.15, 0.2) is 0 Å². The van der Waals surface area contributed by atoms with Crippen LogP contribution in [0.4, 0.5) is 0 Å². The highest BCUT2D eigenvalue weighted by atomic mass is 16.5. The van der Waals surface area contributed by atoms with Crippen molar-refractivity contribution in [3.05, 3.63) is 47.8 Å². The van der Waals surface area contributed by atoms with Gasteiger partial charge in [-0.25, -0.2) is 0 Å². The minimum atomic E-state index is 0.282. The molecule has 1 aromatic heterocycles. The van der Waals surface area contributed by atoms with Crippen LogP contribution in [0.2, 0.25) is 0 Å². The number of hydrogen-bond donors (Lipinski definition) is 2. The fourth-order valence-electron chi connectivity index (χ4n) is 2.04. The van der Waals surface area contributed by atoms with Gasteiger partial charge in [-0.3, -0.25) is 5.10 Å². The molecule has 4 heteroatoms. The summed E-state index contributed by atoms with van der Waals surface area (Å²) < 4.78 is 5.41. The molecular weight excluding hydrogens is 226 g/mol. The van der Waals surface area contributed by atoms with Crippen molar-refractivity contribution in [2.24, 2.45) is 0 Å². The maximum Gasteiger partial charge on any atom is 0.123 e. The Hall–Kier alpha value is -1.81. The Morgan fingerprint density at radius 2 is 2.17 bits per heavy atom. The molecule has 0 saturated heterocycles. The van der Waals surface area contributed by atoms with Gasteiger partial charge < -0.3 is 10.1 Å². The summed E-state index contributed by atoms with van der Waals surface area (Å²) in [4.78, 5) is 0. The van der Waals surface area contributed by atoms with Crippen LogP contribution in [0.1, 0.15) is 30.6 Å². The van der Waals surface area contributed by atoms with Crippen molar-refractivity contribution in [2.75, 3.05) is 7.11 Å². The number of hydrogen-bond acceptors (Lipinski definition) is 3. The van der Waals surface area contributed by atoms with Crippen LogP contribution in [0.25, 0.3) is 0 Å². The van der Waals surface area contributed by atoms with Gasteiger partial charge >= 0.3 is 0 Å². The summed E-state index contributed by atoms with van der Waals surface area (Å²) in [5, 5.41) is 10.4. The number of H-pyrrole nitrogens is 1. The van der Waals surface area contributed by atoms with E-state index in [0.29, 0.717) is 0 Å². The smallest absolute Gasteiger partial charge is 0.123 e. The number of ether oxygens (including phenoxy) is 1. The lowest BCUT2D eigenvalue weighted by atomic mass is 10.0. The van der Waals surface area contributed by atoms with E-state index in [1.807, 2.05) is 24.3 Å². The molecular formula is C14H19N3O. The second-order valence-electron chi connectivity index (χ2n) is 4.17. The van der Waals surface area contributed by atoms with Crippen LogP contribution in [-0.2, 0) is 6.54 Å². The topological polar surface area (TPSA) is 49.9 Å². The summed E-state index contributed by atoms with van der Waals surface area (Å²) in [6, 6.07) is 10.4. The van der Waals surface area contributed by atoms with E-state index in [2.05, 4.69) is 28.5 Å². The normalized spacial score (nSPS) is 12.3. The minimum absolute atomic E-state index is 0.282. The molecule has 1 atom stereocenters. The first-order valence-electron chi connectivity index (χ1n) is 6.19. The van der Waals surface area contributed by atoms with Crippen molar-refractivity contribution < 1.29 is 4.74 Å². The Morgan fingerprint density at radius 3 is 2.83 bits per heavy atom. The predicted molar refractivity (Wildman–Crippen MR) is 71.5 cm³/mol. The number of aromatic amines is 1. The summed E-state index contributed by atoms with van der Waals surface area (Å²) in [6.45, 7) is 2.94. The van der Waals surface area contributed by atoms with Gasteiger partial charge in [-0.1, -0.05) is 25.1 Å². The first-order chi connectivity index (χ1) is 8.85. The third kappa shape index (κ3) is 2.90. The van der Waals surface area contributed by atoms with Crippen LogP contribution in [0, 0.1) is 0 Å². The van der Waals surface area contributed by atoms with Crippen LogP contribution in [0.15, 0.2) is 36.5 Å². The maximum absolute atomic E-state index is 5.41. The van der Waals surface area contributed by atoms with Crippen LogP contribution in [-0.4, -0.2) is 17.3 Å². The zero-order valence-electron chi connectivity index (χ0n) is 10.8. The highest BCUT2D eigenvalue weighted by Crippen LogP contribution is 2.26. The number of nitrogens with one attached hydrogen (secondary N) is 2. The molecule has 2 rings (SSSR count). The molecule has 0 radical (unpaired) electrons. The van der Waals surface area contributed by atoms with Gasteiger partial charge in [0, 0.05) is 30.0 Å². The summed E-state index contributed by atoms with van der Waals surface area (Å²) >= 11 is 0. The molecule has 0 amide bonds. The molecule has 0 aliphatic carbocycles. The number of methoxy groups -OCH3 is 1. The number of rotatable bonds is 6. The lowest BCUT2D eigenvalue weighted by Gasteiger charge is -2.19. The first-order valence-corrected chi connectivity index (χ1v) is 6.19. The maximum atomic E-state index is 5.41. The molecule has 96 valence electrons. The van der Waals surface area contributed by atoms with Crippen molar-refractivity contribution in [3.63, 3.8) is 0 Å². The van der Waals surface area contributed by atoms with Gasteiger partial charge in [0.1, 0.15) is 5.75 Å². The van der Waals surface area contributed by atoms with Crippen LogP contribution < -0.4 is 10.1 Å². The van der Waals surface area contributed by atoms with Gasteiger partial charge in [-0.15, -0.1) is 0 Å². The zero-order chi connectivity index (χ0) is 12.8. The molecule has 1 unspecified atom stereocenters. The second kappa shape index (κ2) is 6.21. The largest absolute Gasteiger partial charge is 0.496 e. The molecule has 0 saturated carbocycles. The van der Waals surface area contributed by atoms with Crippen molar-refractivity contribution in [1.29, 1.82) is 0 Å². The van der Waals surface area contributed by atoms with E-state index in [9.17, 15) is 0 Å². The molecule has 2 aromatic rings. The molecule has 0 spiro atoms. The summed E-state index contributed by atoms with van der Waals surface area (Å²) in [5.74, 6) is 0.932. The lowest BCUT2D eigenvalue weighted by Crippen LogP contribution is -2.21. The van der Waals surface area contributed by atoms with Crippen molar-refractivity contribution >= 4 is 0 Å². The van der Waals surface area contributed by atoms with Gasteiger partial charge in [-0.05, 0) is 18.6 Å². The second-order valence-corrected chi connectivity index (χ2v) is 4.17. The van der Waals surface area contributed by atoms with E-state index >= 15 is 0 Å². The molecule has 4 nitrogen and oxygen atoms in total. The molecule has 0 aliphatic heterocycles. The monoisotopic (exact) mass is 245 g/mol. The van der Waals surface area contributed by atoms with E-state index < -0.39 is 0 Å².